The highest BCUT2D eigenvalue weighted by molar-refractivity contribution is 8.00. The minimum atomic E-state index is -6.63. The molecule has 1 aromatic carbocycles. The molecule has 4 rings (SSSR count). The Kier molecular flexibility index (Phi) is 4.52. The number of aryl methyl sites for hydroxylation is 1. The minimum absolute atomic E-state index is 0.368. The lowest BCUT2D eigenvalue weighted by Crippen LogP contribution is -2.74. The van der Waals surface area contributed by atoms with E-state index in [-0.39, 0.29) is 0 Å². The summed E-state index contributed by atoms with van der Waals surface area (Å²) in [5.41, 5.74) is -3.88. The molecule has 0 radical (unpaired) electrons. The van der Waals surface area contributed by atoms with Crippen LogP contribution < -0.4 is 4.18 Å². The molecule has 0 fully saturated rings. The van der Waals surface area contributed by atoms with Crippen LogP contribution in [0, 0.1) is 0 Å². The SMILES string of the molecule is O=S1(Oc2cc3n(n2)C(c2ccccc2)=CCC3)=CC(F)(C(F)(F)C(F)(F)F)C1(F)F. The molecule has 2 aromatic rings. The van der Waals surface area contributed by atoms with Gasteiger partial charge in [-0.1, -0.05) is 36.4 Å². The molecule has 4 nitrogen and oxygen atoms in total. The lowest BCUT2D eigenvalue weighted by atomic mass is 9.99. The van der Waals surface area contributed by atoms with Crippen LogP contribution >= 0.6 is 0 Å². The molecule has 1 aromatic heterocycles. The van der Waals surface area contributed by atoms with Crippen LogP contribution in [0.2, 0.25) is 0 Å². The zero-order chi connectivity index (χ0) is 22.9. The maximum Gasteiger partial charge on any atom is 0.457 e. The van der Waals surface area contributed by atoms with E-state index in [9.17, 15) is 39.3 Å². The molecule has 2 aliphatic rings. The van der Waals surface area contributed by atoms with E-state index in [1.165, 1.54) is 4.68 Å². The van der Waals surface area contributed by atoms with E-state index < -0.39 is 44.1 Å². The molecule has 2 atom stereocenters. The number of hydrogen-bond donors (Lipinski definition) is 0. The van der Waals surface area contributed by atoms with Gasteiger partial charge in [0.1, 0.15) is 0 Å². The fourth-order valence-electron chi connectivity index (χ4n) is 3.29. The van der Waals surface area contributed by atoms with Crippen molar-refractivity contribution in [3.8, 4) is 5.88 Å². The van der Waals surface area contributed by atoms with Crippen LogP contribution in [0.3, 0.4) is 0 Å². The van der Waals surface area contributed by atoms with Crippen LogP contribution in [0.1, 0.15) is 17.7 Å². The van der Waals surface area contributed by atoms with E-state index in [0.717, 1.165) is 6.07 Å². The Balaban J connectivity index is 1.70. The predicted octanol–water partition coefficient (Wildman–Crippen LogP) is 4.61. The molecule has 0 N–H and O–H groups in total. The molecule has 2 unspecified atom stereocenters. The van der Waals surface area contributed by atoms with Crippen molar-refractivity contribution < 1.29 is 43.5 Å². The lowest BCUT2D eigenvalue weighted by molar-refractivity contribution is -0.334. The smallest absolute Gasteiger partial charge is 0.381 e. The van der Waals surface area contributed by atoms with Crippen LogP contribution in [0.5, 0.6) is 5.88 Å². The van der Waals surface area contributed by atoms with Crippen molar-refractivity contribution in [1.29, 1.82) is 0 Å². The molecule has 0 spiro atoms. The molecular weight excluding hydrogens is 460 g/mol. The van der Waals surface area contributed by atoms with Crippen molar-refractivity contribution in [3.63, 3.8) is 0 Å². The average Bonchev–Trinajstić information content (AvgIpc) is 3.09. The number of allylic oxidation sites excluding steroid dienone is 1. The number of halogens is 8. The Bertz CT molecular complexity index is 1180. The maximum absolute atomic E-state index is 14.1. The third kappa shape index (κ3) is 2.88. The highest BCUT2D eigenvalue weighted by Crippen LogP contribution is 2.58. The molecule has 0 saturated carbocycles. The van der Waals surface area contributed by atoms with Gasteiger partial charge >= 0.3 is 17.4 Å². The van der Waals surface area contributed by atoms with Crippen LogP contribution in [0.25, 0.3) is 5.70 Å². The second-order valence-corrected chi connectivity index (χ2v) is 8.93. The summed E-state index contributed by atoms with van der Waals surface area (Å²) in [7, 11) is -5.36. The largest absolute Gasteiger partial charge is 0.457 e. The van der Waals surface area contributed by atoms with Crippen LogP contribution in [0.4, 0.5) is 35.1 Å². The second kappa shape index (κ2) is 6.47. The molecule has 0 saturated heterocycles. The fourth-order valence-corrected chi connectivity index (χ4v) is 5.06. The monoisotopic (exact) mass is 472 g/mol. The van der Waals surface area contributed by atoms with Crippen LogP contribution in [0.15, 0.2) is 42.5 Å². The van der Waals surface area contributed by atoms with Gasteiger partial charge in [0.2, 0.25) is 5.88 Å². The molecule has 2 aliphatic heterocycles. The van der Waals surface area contributed by atoms with E-state index in [1.807, 2.05) is 0 Å². The van der Waals surface area contributed by atoms with Crippen LogP contribution in [-0.4, -0.2) is 42.4 Å². The number of alkyl halides is 8. The molecule has 0 bridgehead atoms. The number of aromatic nitrogens is 2. The molecule has 0 amide bonds. The second-order valence-electron chi connectivity index (χ2n) is 6.93. The Morgan fingerprint density at radius 2 is 1.71 bits per heavy atom. The summed E-state index contributed by atoms with van der Waals surface area (Å²) >= 11 is 0. The van der Waals surface area contributed by atoms with Gasteiger partial charge in [-0.3, -0.25) is 0 Å². The Hall–Kier alpha value is -2.57. The zero-order valence-electron chi connectivity index (χ0n) is 15.2. The topological polar surface area (TPSA) is 44.1 Å². The third-order valence-corrected chi connectivity index (χ3v) is 6.98. The highest BCUT2D eigenvalue weighted by atomic mass is 32.2. The summed E-state index contributed by atoms with van der Waals surface area (Å²) in [6.45, 7) is 0. The number of hydrogen-bond acceptors (Lipinski definition) is 3. The summed E-state index contributed by atoms with van der Waals surface area (Å²) in [6, 6.07) is 9.76. The van der Waals surface area contributed by atoms with Crippen molar-refractivity contribution in [1.82, 2.24) is 9.78 Å². The van der Waals surface area contributed by atoms with Gasteiger partial charge in [0.05, 0.1) is 11.1 Å². The maximum atomic E-state index is 14.1. The molecule has 13 heteroatoms. The van der Waals surface area contributed by atoms with Gasteiger partial charge < -0.3 is 4.18 Å². The first-order chi connectivity index (χ1) is 14.2. The standard InChI is InChI=1S/C18H12F8N2O2S/c19-15(16(20,21)17(22,23)24)10-31(29,18(15,25)26)30-14-9-12-7-4-8-13(28(12)27-14)11-5-2-1-3-6-11/h1-3,5-6,8-10H,4,7H2. The summed E-state index contributed by atoms with van der Waals surface area (Å²) in [5.74, 6) is -7.21. The Morgan fingerprint density at radius 3 is 2.29 bits per heavy atom. The van der Waals surface area contributed by atoms with Gasteiger partial charge in [-0.2, -0.15) is 30.7 Å². The van der Waals surface area contributed by atoms with Gasteiger partial charge in [-0.25, -0.2) is 13.3 Å². The third-order valence-electron chi connectivity index (χ3n) is 4.92. The Labute approximate surface area is 170 Å². The first-order valence-corrected chi connectivity index (χ1v) is 10.2. The first-order valence-electron chi connectivity index (χ1n) is 8.69. The van der Waals surface area contributed by atoms with Gasteiger partial charge in [0.15, 0.2) is 9.80 Å². The summed E-state index contributed by atoms with van der Waals surface area (Å²) in [4.78, 5) is 0. The molecule has 168 valence electrons. The lowest BCUT2D eigenvalue weighted by Gasteiger charge is -2.44. The van der Waals surface area contributed by atoms with Crippen molar-refractivity contribution >= 4 is 20.9 Å². The quantitative estimate of drug-likeness (QED) is 0.482. The van der Waals surface area contributed by atoms with Gasteiger partial charge in [0.25, 0.3) is 5.67 Å². The first kappa shape index (κ1) is 21.7. The molecule has 0 aliphatic carbocycles. The summed E-state index contributed by atoms with van der Waals surface area (Å²) in [5, 5.41) is -2.71. The number of fused-ring (bicyclic) bond motifs is 1. The summed E-state index contributed by atoms with van der Waals surface area (Å²) < 4.78 is 124. The number of benzene rings is 1. The number of rotatable bonds is 4. The van der Waals surface area contributed by atoms with Gasteiger partial charge in [0, 0.05) is 11.8 Å². The van der Waals surface area contributed by atoms with E-state index in [4.69, 9.17) is 0 Å². The fraction of sp³-hybridized carbons (Fsp3) is 0.333. The van der Waals surface area contributed by atoms with Crippen LogP contribution in [-0.2, 0) is 16.2 Å². The normalized spacial score (nSPS) is 27.5. The zero-order valence-corrected chi connectivity index (χ0v) is 16.0. The van der Waals surface area contributed by atoms with E-state index in [0.29, 0.717) is 29.8 Å². The molecule has 31 heavy (non-hydrogen) atoms. The van der Waals surface area contributed by atoms with Crippen molar-refractivity contribution in [3.05, 3.63) is 53.7 Å². The van der Waals surface area contributed by atoms with E-state index >= 15 is 0 Å². The molecule has 3 heterocycles. The summed E-state index contributed by atoms with van der Waals surface area (Å²) in [6.07, 6.45) is -3.96. The van der Waals surface area contributed by atoms with Gasteiger partial charge in [-0.15, -0.1) is 5.10 Å². The minimum Gasteiger partial charge on any atom is -0.381 e. The Morgan fingerprint density at radius 1 is 1.06 bits per heavy atom. The highest BCUT2D eigenvalue weighted by Gasteiger charge is 2.87. The average molecular weight is 472 g/mol. The van der Waals surface area contributed by atoms with Crippen molar-refractivity contribution in [2.45, 2.75) is 35.9 Å². The molecular formula is C18H12F8N2O2S. The van der Waals surface area contributed by atoms with Crippen molar-refractivity contribution in [2.75, 3.05) is 0 Å². The number of nitrogens with zero attached hydrogens (tertiary/aromatic N) is 2. The van der Waals surface area contributed by atoms with Gasteiger partial charge in [-0.05, 0) is 18.4 Å². The van der Waals surface area contributed by atoms with Crippen molar-refractivity contribution in [2.24, 2.45) is 0 Å². The van der Waals surface area contributed by atoms with E-state index in [2.05, 4.69) is 9.28 Å². The van der Waals surface area contributed by atoms with E-state index in [1.54, 1.807) is 36.4 Å². The predicted molar refractivity (Wildman–Crippen MR) is 95.0 cm³/mol.